The number of hydrogen-bond acceptors (Lipinski definition) is 2. The van der Waals surface area contributed by atoms with Crippen LogP contribution >= 0.6 is 23.8 Å². The number of fused-ring (bicyclic) bond motifs is 1. The Bertz CT molecular complexity index is 916. The molecule has 0 spiro atoms. The van der Waals surface area contributed by atoms with Crippen LogP contribution in [0.1, 0.15) is 11.1 Å². The van der Waals surface area contributed by atoms with Crippen LogP contribution in [0, 0.1) is 6.92 Å². The fourth-order valence-electron chi connectivity index (χ4n) is 2.42. The topological polar surface area (TPSA) is 36.4 Å². The number of thiocarbonyl (C=S) groups is 1. The third kappa shape index (κ3) is 3.72. The van der Waals surface area contributed by atoms with Gasteiger partial charge in [-0.3, -0.25) is 5.43 Å². The molecular formula is C19H16ClN3S. The maximum atomic E-state index is 6.10. The zero-order valence-corrected chi connectivity index (χ0v) is 14.7. The minimum absolute atomic E-state index is 0.414. The van der Waals surface area contributed by atoms with E-state index >= 15 is 0 Å². The maximum absolute atomic E-state index is 6.10. The molecule has 120 valence electrons. The average Bonchev–Trinajstić information content (AvgIpc) is 2.59. The Morgan fingerprint density at radius 1 is 1.04 bits per heavy atom. The number of hydrogen-bond donors (Lipinski definition) is 2. The van der Waals surface area contributed by atoms with Crippen molar-refractivity contribution in [1.82, 2.24) is 5.43 Å². The highest BCUT2D eigenvalue weighted by Gasteiger charge is 2.03. The molecule has 0 radical (unpaired) electrons. The molecular weight excluding hydrogens is 338 g/mol. The summed E-state index contributed by atoms with van der Waals surface area (Å²) >= 11 is 11.4. The summed E-state index contributed by atoms with van der Waals surface area (Å²) in [5.41, 5.74) is 5.67. The maximum Gasteiger partial charge on any atom is 0.191 e. The van der Waals surface area contributed by atoms with Gasteiger partial charge in [-0.2, -0.15) is 5.10 Å². The number of nitrogens with one attached hydrogen (secondary N) is 2. The van der Waals surface area contributed by atoms with Gasteiger partial charge in [-0.15, -0.1) is 0 Å². The molecule has 0 bridgehead atoms. The van der Waals surface area contributed by atoms with Gasteiger partial charge in [0.1, 0.15) is 0 Å². The molecule has 0 heterocycles. The van der Waals surface area contributed by atoms with E-state index in [1.165, 1.54) is 5.39 Å². The number of hydrazone groups is 1. The van der Waals surface area contributed by atoms with E-state index in [1.807, 2.05) is 49.4 Å². The van der Waals surface area contributed by atoms with Gasteiger partial charge in [0.15, 0.2) is 5.11 Å². The third-order valence-electron chi connectivity index (χ3n) is 3.71. The number of nitrogens with zero attached hydrogens (tertiary/aromatic N) is 1. The molecule has 0 unspecified atom stereocenters. The molecule has 0 saturated carbocycles. The Kier molecular flexibility index (Phi) is 5.08. The second-order valence-electron chi connectivity index (χ2n) is 5.30. The summed E-state index contributed by atoms with van der Waals surface area (Å²) in [6, 6.07) is 19.9. The predicted molar refractivity (Wildman–Crippen MR) is 107 cm³/mol. The lowest BCUT2D eigenvalue weighted by Gasteiger charge is -2.10. The standard InChI is InChI=1S/C19H16ClN3S/c1-13-17(20)10-5-11-18(13)22-19(24)23-21-12-15-8-4-7-14-6-2-3-9-16(14)15/h2-12H,1H3,(H2,22,23,24)/b21-12+. The van der Waals surface area contributed by atoms with Crippen molar-refractivity contribution < 1.29 is 0 Å². The number of halogens is 1. The first-order chi connectivity index (χ1) is 11.6. The minimum atomic E-state index is 0.414. The van der Waals surface area contributed by atoms with Crippen LogP contribution in [0.4, 0.5) is 5.69 Å². The van der Waals surface area contributed by atoms with Crippen molar-refractivity contribution in [2.24, 2.45) is 5.10 Å². The molecule has 5 heteroatoms. The van der Waals surface area contributed by atoms with Crippen LogP contribution in [0.15, 0.2) is 65.8 Å². The second-order valence-corrected chi connectivity index (χ2v) is 6.12. The summed E-state index contributed by atoms with van der Waals surface area (Å²) in [6.45, 7) is 1.94. The van der Waals surface area contributed by atoms with Crippen molar-refractivity contribution >= 4 is 51.6 Å². The first kappa shape index (κ1) is 16.4. The highest BCUT2D eigenvalue weighted by atomic mass is 35.5. The van der Waals surface area contributed by atoms with Crippen LogP contribution in [0.3, 0.4) is 0 Å². The van der Waals surface area contributed by atoms with E-state index in [0.717, 1.165) is 22.2 Å². The van der Waals surface area contributed by atoms with Crippen molar-refractivity contribution in [3.05, 3.63) is 76.8 Å². The summed E-state index contributed by atoms with van der Waals surface area (Å²) in [5, 5.41) is 10.8. The predicted octanol–water partition coefficient (Wildman–Crippen LogP) is 5.12. The monoisotopic (exact) mass is 353 g/mol. The fraction of sp³-hybridized carbons (Fsp3) is 0.0526. The molecule has 0 aliphatic carbocycles. The summed E-state index contributed by atoms with van der Waals surface area (Å²) in [4.78, 5) is 0. The van der Waals surface area contributed by atoms with Gasteiger partial charge in [-0.25, -0.2) is 0 Å². The third-order valence-corrected chi connectivity index (χ3v) is 4.31. The van der Waals surface area contributed by atoms with Crippen molar-refractivity contribution in [1.29, 1.82) is 0 Å². The summed E-state index contributed by atoms with van der Waals surface area (Å²) in [5.74, 6) is 0. The molecule has 0 saturated heterocycles. The highest BCUT2D eigenvalue weighted by molar-refractivity contribution is 7.80. The summed E-state index contributed by atoms with van der Waals surface area (Å²) < 4.78 is 0. The first-order valence-electron chi connectivity index (χ1n) is 7.48. The Balaban J connectivity index is 1.69. The number of rotatable bonds is 3. The second kappa shape index (κ2) is 7.43. The van der Waals surface area contributed by atoms with Gasteiger partial charge in [0.05, 0.1) is 6.21 Å². The van der Waals surface area contributed by atoms with Crippen LogP contribution < -0.4 is 10.7 Å². The lowest BCUT2D eigenvalue weighted by Crippen LogP contribution is -2.24. The van der Waals surface area contributed by atoms with Crippen LogP contribution in [0.2, 0.25) is 5.02 Å². The Morgan fingerprint density at radius 3 is 2.67 bits per heavy atom. The number of anilines is 1. The lowest BCUT2D eigenvalue weighted by molar-refractivity contribution is 1.05. The van der Waals surface area contributed by atoms with E-state index < -0.39 is 0 Å². The Hall–Kier alpha value is -2.43. The van der Waals surface area contributed by atoms with Crippen molar-refractivity contribution in [3.63, 3.8) is 0 Å². The zero-order valence-electron chi connectivity index (χ0n) is 13.1. The van der Waals surface area contributed by atoms with E-state index in [2.05, 4.69) is 34.0 Å². The van der Waals surface area contributed by atoms with Crippen molar-refractivity contribution in [2.75, 3.05) is 5.32 Å². The number of benzene rings is 3. The molecule has 0 amide bonds. The van der Waals surface area contributed by atoms with Gasteiger partial charge in [-0.1, -0.05) is 60.1 Å². The van der Waals surface area contributed by atoms with Crippen LogP contribution in [-0.4, -0.2) is 11.3 Å². The SMILES string of the molecule is Cc1c(Cl)cccc1NC(=S)N/N=C/c1cccc2ccccc12. The molecule has 3 aromatic rings. The van der Waals surface area contributed by atoms with E-state index in [0.29, 0.717) is 10.1 Å². The molecule has 2 N–H and O–H groups in total. The van der Waals surface area contributed by atoms with Crippen LogP contribution in [0.25, 0.3) is 10.8 Å². The minimum Gasteiger partial charge on any atom is -0.331 e. The van der Waals surface area contributed by atoms with Crippen LogP contribution in [-0.2, 0) is 0 Å². The van der Waals surface area contributed by atoms with Gasteiger partial charge < -0.3 is 5.32 Å². The van der Waals surface area contributed by atoms with Gasteiger partial charge in [-0.05, 0) is 47.6 Å². The lowest BCUT2D eigenvalue weighted by atomic mass is 10.1. The fourth-order valence-corrected chi connectivity index (χ4v) is 2.75. The molecule has 3 rings (SSSR count). The van der Waals surface area contributed by atoms with E-state index in [9.17, 15) is 0 Å². The van der Waals surface area contributed by atoms with Crippen LogP contribution in [0.5, 0.6) is 0 Å². The normalized spacial score (nSPS) is 10.9. The average molecular weight is 354 g/mol. The first-order valence-corrected chi connectivity index (χ1v) is 8.27. The Labute approximate surface area is 151 Å². The molecule has 0 aliphatic heterocycles. The van der Waals surface area contributed by atoms with Crippen molar-refractivity contribution in [3.8, 4) is 0 Å². The molecule has 3 aromatic carbocycles. The van der Waals surface area contributed by atoms with E-state index in [1.54, 1.807) is 6.21 Å². The van der Waals surface area contributed by atoms with Gasteiger partial charge in [0.2, 0.25) is 0 Å². The van der Waals surface area contributed by atoms with E-state index in [4.69, 9.17) is 23.8 Å². The molecule has 3 nitrogen and oxygen atoms in total. The Morgan fingerprint density at radius 2 is 1.79 bits per heavy atom. The summed E-state index contributed by atoms with van der Waals surface area (Å²) in [7, 11) is 0. The smallest absolute Gasteiger partial charge is 0.191 e. The molecule has 0 fully saturated rings. The quantitative estimate of drug-likeness (QED) is 0.389. The highest BCUT2D eigenvalue weighted by Crippen LogP contribution is 2.22. The van der Waals surface area contributed by atoms with Gasteiger partial charge in [0, 0.05) is 16.3 Å². The molecule has 0 atom stereocenters. The van der Waals surface area contributed by atoms with Gasteiger partial charge in [0.25, 0.3) is 0 Å². The molecule has 24 heavy (non-hydrogen) atoms. The molecule has 0 aromatic heterocycles. The largest absolute Gasteiger partial charge is 0.331 e. The van der Waals surface area contributed by atoms with E-state index in [-0.39, 0.29) is 0 Å². The summed E-state index contributed by atoms with van der Waals surface area (Å²) in [6.07, 6.45) is 1.77. The molecule has 0 aliphatic rings. The zero-order chi connectivity index (χ0) is 16.9. The van der Waals surface area contributed by atoms with Crippen molar-refractivity contribution in [2.45, 2.75) is 6.92 Å². The van der Waals surface area contributed by atoms with Gasteiger partial charge >= 0.3 is 0 Å².